The maximum atomic E-state index is 13.3. The van der Waals surface area contributed by atoms with Crippen LogP contribution in [0.3, 0.4) is 0 Å². The highest BCUT2D eigenvalue weighted by Gasteiger charge is 2.39. The number of ether oxygens (including phenoxy) is 1. The fourth-order valence-electron chi connectivity index (χ4n) is 4.33. The summed E-state index contributed by atoms with van der Waals surface area (Å²) in [6, 6.07) is 14.8. The van der Waals surface area contributed by atoms with Gasteiger partial charge >= 0.3 is 6.18 Å². The molecule has 0 aliphatic carbocycles. The van der Waals surface area contributed by atoms with Crippen molar-refractivity contribution in [3.05, 3.63) is 65.5 Å². The molecule has 1 saturated heterocycles. The Bertz CT molecular complexity index is 1060. The van der Waals surface area contributed by atoms with Crippen LogP contribution >= 0.6 is 11.8 Å². The van der Waals surface area contributed by atoms with Gasteiger partial charge in [-0.15, -0.1) is 5.10 Å². The number of benzene rings is 2. The molecular weight excluding hydrogens is 459 g/mol. The van der Waals surface area contributed by atoms with E-state index in [0.717, 1.165) is 30.5 Å². The maximum absolute atomic E-state index is 13.3. The minimum absolute atomic E-state index is 0.0154. The summed E-state index contributed by atoms with van der Waals surface area (Å²) in [4.78, 5) is 4.79. The molecule has 1 aromatic heterocycles. The molecule has 2 aromatic carbocycles. The van der Waals surface area contributed by atoms with Crippen LogP contribution in [0, 0.1) is 0 Å². The zero-order valence-electron chi connectivity index (χ0n) is 17.8. The summed E-state index contributed by atoms with van der Waals surface area (Å²) in [5.74, 6) is -0.617. The third kappa shape index (κ3) is 5.11. The van der Waals surface area contributed by atoms with E-state index in [0.29, 0.717) is 17.0 Å². The summed E-state index contributed by atoms with van der Waals surface area (Å²) >= 11 is 5.76. The summed E-state index contributed by atoms with van der Waals surface area (Å²) < 4.78 is 46.2. The summed E-state index contributed by atoms with van der Waals surface area (Å²) in [5.41, 5.74) is 5.15. The predicted octanol–water partition coefficient (Wildman–Crippen LogP) is 3.64. The van der Waals surface area contributed by atoms with Gasteiger partial charge in [0.2, 0.25) is 0 Å². The number of rotatable bonds is 7. The second-order valence-electron chi connectivity index (χ2n) is 7.72. The lowest BCUT2D eigenvalue weighted by molar-refractivity contribution is -0.146. The van der Waals surface area contributed by atoms with Gasteiger partial charge < -0.3 is 4.74 Å². The number of piperidine rings is 1. The van der Waals surface area contributed by atoms with Crippen molar-refractivity contribution >= 4 is 11.8 Å². The molecule has 176 valence electrons. The molecule has 3 aromatic rings. The Balaban J connectivity index is 1.70. The van der Waals surface area contributed by atoms with Crippen molar-refractivity contribution in [3.63, 3.8) is 0 Å². The number of hydrogen-bond acceptors (Lipinski definition) is 7. The lowest BCUT2D eigenvalue weighted by atomic mass is 9.90. The van der Waals surface area contributed by atoms with Gasteiger partial charge in [0.05, 0.1) is 18.8 Å². The lowest BCUT2D eigenvalue weighted by Crippen LogP contribution is -2.50. The Hall–Kier alpha value is -2.73. The van der Waals surface area contributed by atoms with E-state index in [1.165, 1.54) is 13.2 Å². The fraction of sp³-hybridized carbons (Fsp3) is 0.381. The molecule has 1 aliphatic rings. The van der Waals surface area contributed by atoms with Crippen LogP contribution < -0.4 is 15.1 Å². The third-order valence-electron chi connectivity index (χ3n) is 5.72. The maximum Gasteiger partial charge on any atom is 0.453 e. The van der Waals surface area contributed by atoms with Gasteiger partial charge in [-0.1, -0.05) is 30.3 Å². The molecule has 0 radical (unpaired) electrons. The number of halogens is 4. The summed E-state index contributed by atoms with van der Waals surface area (Å²) in [6.07, 6.45) is -2.85. The van der Waals surface area contributed by atoms with E-state index in [2.05, 4.69) is 42.9 Å². The van der Waals surface area contributed by atoms with E-state index in [1.54, 1.807) is 12.1 Å². The van der Waals surface area contributed by atoms with Crippen LogP contribution in [0.4, 0.5) is 13.2 Å². The molecule has 33 heavy (non-hydrogen) atoms. The number of likely N-dealkylation sites (tertiary alicyclic amines) is 1. The first-order chi connectivity index (χ1) is 15.9. The largest absolute Gasteiger partial charge is 0.496 e. The number of hydrogen-bond donors (Lipinski definition) is 2. The highest BCUT2D eigenvalue weighted by molar-refractivity contribution is 6.13. The molecular formula is C21H23ClF3N7O. The van der Waals surface area contributed by atoms with E-state index >= 15 is 0 Å². The zero-order valence-corrected chi connectivity index (χ0v) is 18.5. The molecule has 0 amide bonds. The average molecular weight is 482 g/mol. The molecule has 1 fully saturated rings. The van der Waals surface area contributed by atoms with Crippen LogP contribution in [0.25, 0.3) is 5.69 Å². The van der Waals surface area contributed by atoms with E-state index in [4.69, 9.17) is 16.5 Å². The molecule has 12 heteroatoms. The number of nitrogens with zero attached hydrogens (tertiary/aromatic N) is 5. The van der Waals surface area contributed by atoms with Gasteiger partial charge in [0.1, 0.15) is 5.75 Å². The van der Waals surface area contributed by atoms with Crippen molar-refractivity contribution in [2.45, 2.75) is 37.6 Å². The summed E-state index contributed by atoms with van der Waals surface area (Å²) in [7, 11) is 1.53. The first-order valence-electron chi connectivity index (χ1n) is 10.4. The number of aromatic nitrogens is 4. The van der Waals surface area contributed by atoms with Crippen molar-refractivity contribution in [3.8, 4) is 11.4 Å². The molecule has 8 nitrogen and oxygen atoms in total. The molecule has 0 bridgehead atoms. The van der Waals surface area contributed by atoms with Crippen molar-refractivity contribution in [2.24, 2.45) is 0 Å². The highest BCUT2D eigenvalue weighted by atomic mass is 35.5. The summed E-state index contributed by atoms with van der Waals surface area (Å²) in [6.45, 7) is 1.24. The topological polar surface area (TPSA) is 80.1 Å². The number of nitrogens with one attached hydrogen (secondary N) is 2. The highest BCUT2D eigenvalue weighted by Crippen LogP contribution is 2.35. The second kappa shape index (κ2) is 10.0. The quantitative estimate of drug-likeness (QED) is 0.394. The van der Waals surface area contributed by atoms with Crippen LogP contribution in [0.2, 0.25) is 0 Å². The van der Waals surface area contributed by atoms with E-state index < -0.39 is 12.0 Å². The Morgan fingerprint density at radius 2 is 1.97 bits per heavy atom. The monoisotopic (exact) mass is 481 g/mol. The van der Waals surface area contributed by atoms with Crippen LogP contribution in [-0.4, -0.2) is 44.8 Å². The van der Waals surface area contributed by atoms with Crippen LogP contribution in [0.5, 0.6) is 5.75 Å². The molecule has 2 unspecified atom stereocenters. The predicted molar refractivity (Wildman–Crippen MR) is 115 cm³/mol. The SMILES string of the molecule is COc1ccc(-n2nnnc2C(F)(F)F)cc1CN1CCCC(NNCl)C1c1ccccc1. The smallest absolute Gasteiger partial charge is 0.453 e. The van der Waals surface area contributed by atoms with Gasteiger partial charge in [0, 0.05) is 18.2 Å². The van der Waals surface area contributed by atoms with Crippen molar-refractivity contribution < 1.29 is 17.9 Å². The van der Waals surface area contributed by atoms with Gasteiger partial charge in [-0.3, -0.25) is 4.90 Å². The normalized spacial score (nSPS) is 19.5. The Labute approximate surface area is 193 Å². The van der Waals surface area contributed by atoms with Gasteiger partial charge in [-0.2, -0.15) is 22.8 Å². The van der Waals surface area contributed by atoms with Gasteiger partial charge in [-0.25, -0.2) is 5.43 Å². The van der Waals surface area contributed by atoms with Crippen LogP contribution in [0.1, 0.15) is 35.8 Å². The number of alkyl halides is 3. The average Bonchev–Trinajstić information content (AvgIpc) is 3.31. The molecule has 1 aliphatic heterocycles. The lowest BCUT2D eigenvalue weighted by Gasteiger charge is -2.42. The van der Waals surface area contributed by atoms with Gasteiger partial charge in [0.25, 0.3) is 5.82 Å². The number of hydrazine groups is 1. The standard InChI is InChI=1S/C21H23ClF3N7O/c1-33-18-10-9-16(32-20(21(23,24)25)27-29-30-32)12-15(18)13-31-11-5-8-17(26-28-22)19(31)14-6-3-2-4-7-14/h2-4,6-7,9-10,12,17,19,26,28H,5,8,11,13H2,1H3. The van der Waals surface area contributed by atoms with Crippen molar-refractivity contribution in [1.29, 1.82) is 0 Å². The molecule has 2 heterocycles. The van der Waals surface area contributed by atoms with Crippen LogP contribution in [0.15, 0.2) is 48.5 Å². The number of tetrazole rings is 1. The molecule has 0 saturated carbocycles. The zero-order chi connectivity index (χ0) is 23.4. The van der Waals surface area contributed by atoms with Gasteiger partial charge in [0.15, 0.2) is 0 Å². The second-order valence-corrected chi connectivity index (χ2v) is 7.91. The molecule has 2 atom stereocenters. The number of methoxy groups -OCH3 is 1. The minimum atomic E-state index is -4.68. The molecule has 2 N–H and O–H groups in total. The van der Waals surface area contributed by atoms with Crippen molar-refractivity contribution in [2.75, 3.05) is 13.7 Å². The first-order valence-corrected chi connectivity index (χ1v) is 10.7. The Morgan fingerprint density at radius 1 is 1.18 bits per heavy atom. The van der Waals surface area contributed by atoms with Crippen LogP contribution in [-0.2, 0) is 12.7 Å². The van der Waals surface area contributed by atoms with E-state index in [1.807, 2.05) is 18.2 Å². The molecule has 4 rings (SSSR count). The summed E-state index contributed by atoms with van der Waals surface area (Å²) in [5, 5.41) is 9.89. The first kappa shape index (κ1) is 23.4. The van der Waals surface area contributed by atoms with Crippen molar-refractivity contribution in [1.82, 2.24) is 35.5 Å². The fourth-order valence-corrected chi connectivity index (χ4v) is 4.47. The third-order valence-corrected chi connectivity index (χ3v) is 5.83. The van der Waals surface area contributed by atoms with E-state index in [-0.39, 0.29) is 17.8 Å². The van der Waals surface area contributed by atoms with E-state index in [9.17, 15) is 13.2 Å². The molecule has 0 spiro atoms. The Morgan fingerprint density at radius 3 is 2.67 bits per heavy atom. The Kier molecular flexibility index (Phi) is 7.13. The van der Waals surface area contributed by atoms with Gasteiger partial charge in [-0.05, 0) is 65.4 Å². The minimum Gasteiger partial charge on any atom is -0.496 e.